The third-order valence-corrected chi connectivity index (χ3v) is 7.42. The number of aryl methyl sites for hydroxylation is 1. The lowest BCUT2D eigenvalue weighted by molar-refractivity contribution is 0.0325. The summed E-state index contributed by atoms with van der Waals surface area (Å²) in [4.78, 5) is 17.2. The van der Waals surface area contributed by atoms with E-state index in [4.69, 9.17) is 9.47 Å². The number of carboxylic acids is 1. The summed E-state index contributed by atoms with van der Waals surface area (Å²) in [6, 6.07) is 11.8. The van der Waals surface area contributed by atoms with Gasteiger partial charge in [0.25, 0.3) is 0 Å². The Kier molecular flexibility index (Phi) is 5.43. The van der Waals surface area contributed by atoms with Gasteiger partial charge in [-0.15, -0.1) is 0 Å². The summed E-state index contributed by atoms with van der Waals surface area (Å²) in [6.07, 6.45) is 5.22. The molecule has 168 valence electrons. The molecule has 2 saturated heterocycles. The Morgan fingerprint density at radius 2 is 2.09 bits per heavy atom. The molecular formula is C26H30N2O4. The van der Waals surface area contributed by atoms with Gasteiger partial charge in [0, 0.05) is 41.9 Å². The number of aromatic carboxylic acids is 1. The summed E-state index contributed by atoms with van der Waals surface area (Å²) in [5.41, 5.74) is 5.22. The quantitative estimate of drug-likeness (QED) is 0.596. The molecule has 2 aliphatic heterocycles. The Morgan fingerprint density at radius 3 is 2.78 bits per heavy atom. The van der Waals surface area contributed by atoms with E-state index in [2.05, 4.69) is 28.9 Å². The Hall–Kier alpha value is -2.83. The number of fused-ring (bicyclic) bond motifs is 1. The predicted molar refractivity (Wildman–Crippen MR) is 123 cm³/mol. The molecule has 0 bridgehead atoms. The van der Waals surface area contributed by atoms with Gasteiger partial charge in [0.1, 0.15) is 5.75 Å². The summed E-state index contributed by atoms with van der Waals surface area (Å²) in [5.74, 6) is 0.0241. The minimum atomic E-state index is -0.892. The number of aromatic nitrogens is 1. The van der Waals surface area contributed by atoms with Crippen LogP contribution in [0, 0.1) is 12.3 Å². The molecule has 6 heteroatoms. The molecule has 5 rings (SSSR count). The maximum Gasteiger partial charge on any atom is 0.335 e. The molecule has 0 saturated carbocycles. The lowest BCUT2D eigenvalue weighted by Gasteiger charge is -2.45. The van der Waals surface area contributed by atoms with Crippen molar-refractivity contribution in [2.75, 3.05) is 26.9 Å². The Bertz CT molecular complexity index is 1130. The van der Waals surface area contributed by atoms with Crippen LogP contribution in [-0.4, -0.2) is 47.8 Å². The van der Waals surface area contributed by atoms with Gasteiger partial charge in [-0.2, -0.15) is 0 Å². The topological polar surface area (TPSA) is 74.8 Å². The number of hydrogen-bond donors (Lipinski definition) is 2. The normalized spacial score (nSPS) is 23.8. The zero-order valence-corrected chi connectivity index (χ0v) is 18.7. The van der Waals surface area contributed by atoms with E-state index in [0.717, 1.165) is 62.4 Å². The third-order valence-electron chi connectivity index (χ3n) is 7.42. The number of piperidine rings is 1. The lowest BCUT2D eigenvalue weighted by atomic mass is 9.73. The molecule has 0 radical (unpaired) electrons. The standard InChI is InChI=1S/C26H30N2O4/c1-17-13-23(31-2)21(20-7-10-27-24(17)20)15-28-11-8-26(9-12-32-16-26)14-22(28)18-3-5-19(6-4-18)25(29)30/h3-7,10,13,22,27H,8-9,11-12,14-16H2,1-2H3,(H,29,30)/t22-,26?/m0/s1. The molecule has 1 aromatic heterocycles. The zero-order valence-electron chi connectivity index (χ0n) is 18.7. The van der Waals surface area contributed by atoms with E-state index in [0.29, 0.717) is 5.56 Å². The second-order valence-electron chi connectivity index (χ2n) is 9.31. The fourth-order valence-corrected chi connectivity index (χ4v) is 5.54. The van der Waals surface area contributed by atoms with Gasteiger partial charge < -0.3 is 19.6 Å². The van der Waals surface area contributed by atoms with Crippen molar-refractivity contribution in [3.05, 3.63) is 64.8 Å². The van der Waals surface area contributed by atoms with Crippen molar-refractivity contribution in [2.24, 2.45) is 5.41 Å². The average Bonchev–Trinajstić information content (AvgIpc) is 3.47. The summed E-state index contributed by atoms with van der Waals surface area (Å²) < 4.78 is 11.6. The van der Waals surface area contributed by atoms with E-state index < -0.39 is 5.97 Å². The van der Waals surface area contributed by atoms with Crippen LogP contribution in [0.15, 0.2) is 42.6 Å². The molecule has 3 heterocycles. The average molecular weight is 435 g/mol. The first-order valence-corrected chi connectivity index (χ1v) is 11.3. The highest BCUT2D eigenvalue weighted by Crippen LogP contribution is 2.48. The first-order chi connectivity index (χ1) is 15.5. The number of hydrogen-bond acceptors (Lipinski definition) is 4. The third kappa shape index (κ3) is 3.67. The number of ether oxygens (including phenoxy) is 2. The highest BCUT2D eigenvalue weighted by molar-refractivity contribution is 5.88. The first-order valence-electron chi connectivity index (χ1n) is 11.3. The van der Waals surface area contributed by atoms with Gasteiger partial charge in [0.2, 0.25) is 0 Å². The molecule has 2 N–H and O–H groups in total. The fourth-order valence-electron chi connectivity index (χ4n) is 5.54. The summed E-state index contributed by atoms with van der Waals surface area (Å²) >= 11 is 0. The molecule has 0 amide bonds. The van der Waals surface area contributed by atoms with E-state index in [1.54, 1.807) is 19.2 Å². The number of carboxylic acid groups (broad SMARTS) is 1. The van der Waals surface area contributed by atoms with Crippen molar-refractivity contribution in [1.82, 2.24) is 9.88 Å². The van der Waals surface area contributed by atoms with Gasteiger partial charge >= 0.3 is 5.97 Å². The minimum absolute atomic E-state index is 0.202. The van der Waals surface area contributed by atoms with Gasteiger partial charge in [-0.25, -0.2) is 4.79 Å². The number of methoxy groups -OCH3 is 1. The largest absolute Gasteiger partial charge is 0.496 e. The Labute approximate surface area is 188 Å². The first kappa shape index (κ1) is 21.0. The van der Waals surface area contributed by atoms with E-state index in [1.807, 2.05) is 18.3 Å². The summed E-state index contributed by atoms with van der Waals surface area (Å²) in [5, 5.41) is 10.5. The molecular weight excluding hydrogens is 404 g/mol. The van der Waals surface area contributed by atoms with Gasteiger partial charge in [-0.3, -0.25) is 4.90 Å². The van der Waals surface area contributed by atoms with Crippen LogP contribution in [0.5, 0.6) is 5.75 Å². The van der Waals surface area contributed by atoms with Crippen LogP contribution < -0.4 is 4.74 Å². The number of H-pyrrole nitrogens is 1. The number of aromatic amines is 1. The molecule has 3 aromatic rings. The summed E-state index contributed by atoms with van der Waals surface area (Å²) in [6.45, 7) is 5.50. The molecule has 6 nitrogen and oxygen atoms in total. The number of likely N-dealkylation sites (tertiary alicyclic amines) is 1. The highest BCUT2D eigenvalue weighted by atomic mass is 16.5. The Balaban J connectivity index is 1.52. The number of nitrogens with zero attached hydrogens (tertiary/aromatic N) is 1. The van der Waals surface area contributed by atoms with Crippen LogP contribution in [0.4, 0.5) is 0 Å². The molecule has 0 aliphatic carbocycles. The molecule has 2 fully saturated rings. The zero-order chi connectivity index (χ0) is 22.3. The number of rotatable bonds is 5. The number of nitrogens with one attached hydrogen (secondary N) is 1. The maximum atomic E-state index is 11.4. The number of carbonyl (C=O) groups is 1. The molecule has 2 aliphatic rings. The smallest absolute Gasteiger partial charge is 0.335 e. The van der Waals surface area contributed by atoms with Crippen LogP contribution in [0.25, 0.3) is 10.9 Å². The van der Waals surface area contributed by atoms with Gasteiger partial charge in [-0.05, 0) is 73.5 Å². The van der Waals surface area contributed by atoms with Gasteiger partial charge in [-0.1, -0.05) is 12.1 Å². The summed E-state index contributed by atoms with van der Waals surface area (Å²) in [7, 11) is 1.74. The van der Waals surface area contributed by atoms with E-state index in [9.17, 15) is 9.90 Å². The highest BCUT2D eigenvalue weighted by Gasteiger charge is 2.43. The van der Waals surface area contributed by atoms with Crippen molar-refractivity contribution >= 4 is 16.9 Å². The van der Waals surface area contributed by atoms with Crippen molar-refractivity contribution < 1.29 is 19.4 Å². The van der Waals surface area contributed by atoms with E-state index >= 15 is 0 Å². The molecule has 1 spiro atoms. The Morgan fingerprint density at radius 1 is 1.28 bits per heavy atom. The molecule has 2 atom stereocenters. The van der Waals surface area contributed by atoms with Crippen LogP contribution in [0.2, 0.25) is 0 Å². The monoisotopic (exact) mass is 434 g/mol. The van der Waals surface area contributed by atoms with Crippen molar-refractivity contribution in [3.8, 4) is 5.75 Å². The predicted octanol–water partition coefficient (Wildman–Crippen LogP) is 4.93. The SMILES string of the molecule is COc1cc(C)c2[nH]ccc2c1CN1CCC2(CCOC2)C[C@H]1c1ccc(C(=O)O)cc1. The van der Waals surface area contributed by atoms with Crippen molar-refractivity contribution in [3.63, 3.8) is 0 Å². The van der Waals surface area contributed by atoms with E-state index in [1.165, 1.54) is 16.5 Å². The fraction of sp³-hybridized carbons (Fsp3) is 0.423. The maximum absolute atomic E-state index is 11.4. The van der Waals surface area contributed by atoms with Crippen molar-refractivity contribution in [2.45, 2.75) is 38.8 Å². The second-order valence-corrected chi connectivity index (χ2v) is 9.31. The second kappa shape index (κ2) is 8.26. The van der Waals surface area contributed by atoms with Crippen molar-refractivity contribution in [1.29, 1.82) is 0 Å². The lowest BCUT2D eigenvalue weighted by Crippen LogP contribution is -2.42. The van der Waals surface area contributed by atoms with Gasteiger partial charge in [0.15, 0.2) is 0 Å². The van der Waals surface area contributed by atoms with Crippen LogP contribution in [0.1, 0.15) is 52.4 Å². The van der Waals surface area contributed by atoms with E-state index in [-0.39, 0.29) is 11.5 Å². The van der Waals surface area contributed by atoms with Crippen LogP contribution in [-0.2, 0) is 11.3 Å². The minimum Gasteiger partial charge on any atom is -0.496 e. The van der Waals surface area contributed by atoms with Gasteiger partial charge in [0.05, 0.1) is 19.3 Å². The van der Waals surface area contributed by atoms with Crippen LogP contribution in [0.3, 0.4) is 0 Å². The number of benzene rings is 2. The molecule has 1 unspecified atom stereocenters. The molecule has 32 heavy (non-hydrogen) atoms. The van der Waals surface area contributed by atoms with Crippen LogP contribution >= 0.6 is 0 Å². The molecule has 2 aromatic carbocycles.